The van der Waals surface area contributed by atoms with Gasteiger partial charge in [-0.15, -0.1) is 0 Å². The molecule has 0 amide bonds. The maximum Gasteiger partial charge on any atom is 0.0893 e. The van der Waals surface area contributed by atoms with Gasteiger partial charge in [-0.25, -0.2) is 5.43 Å². The third-order valence-corrected chi connectivity index (χ3v) is 3.83. The van der Waals surface area contributed by atoms with E-state index in [9.17, 15) is 0 Å². The van der Waals surface area contributed by atoms with E-state index >= 15 is 0 Å². The average Bonchev–Trinajstić information content (AvgIpc) is 2.98. The highest BCUT2D eigenvalue weighted by molar-refractivity contribution is 5.80. The lowest BCUT2D eigenvalue weighted by atomic mass is 10.1. The summed E-state index contributed by atoms with van der Waals surface area (Å²) in [6.45, 7) is 8.33. The second-order valence-electron chi connectivity index (χ2n) is 5.73. The normalized spacial score (nSPS) is 18.4. The molecule has 1 aliphatic heterocycles. The predicted molar refractivity (Wildman–Crippen MR) is 99.3 cm³/mol. The van der Waals surface area contributed by atoms with Gasteiger partial charge < -0.3 is 5.01 Å². The highest BCUT2D eigenvalue weighted by Gasteiger charge is 2.20. The first-order valence-electron chi connectivity index (χ1n) is 7.94. The van der Waals surface area contributed by atoms with Crippen LogP contribution in [0.3, 0.4) is 0 Å². The molecular weight excluding hydrogens is 298 g/mol. The Labute approximate surface area is 142 Å². The summed E-state index contributed by atoms with van der Waals surface area (Å²) in [6, 6.07) is 6.47. The van der Waals surface area contributed by atoms with Crippen LogP contribution >= 0.6 is 0 Å². The number of nitrogens with zero attached hydrogens (tertiary/aromatic N) is 4. The molecule has 5 heteroatoms. The van der Waals surface area contributed by atoms with Crippen molar-refractivity contribution in [3.63, 3.8) is 0 Å². The van der Waals surface area contributed by atoms with Crippen molar-refractivity contribution in [2.75, 3.05) is 6.54 Å². The molecular formula is C19H21N5. The summed E-state index contributed by atoms with van der Waals surface area (Å²) in [5.41, 5.74) is 8.45. The fraction of sp³-hybridized carbons (Fsp3) is 0.211. The molecule has 0 saturated carbocycles. The summed E-state index contributed by atoms with van der Waals surface area (Å²) in [4.78, 5) is 12.6. The molecule has 0 saturated heterocycles. The second-order valence-corrected chi connectivity index (χ2v) is 5.73. The van der Waals surface area contributed by atoms with E-state index < -0.39 is 0 Å². The van der Waals surface area contributed by atoms with E-state index in [-0.39, 0.29) is 6.04 Å². The van der Waals surface area contributed by atoms with E-state index in [2.05, 4.69) is 63.3 Å². The Kier molecular flexibility index (Phi) is 4.82. The molecule has 0 aliphatic carbocycles. The summed E-state index contributed by atoms with van der Waals surface area (Å²) in [6.07, 6.45) is 11.7. The van der Waals surface area contributed by atoms with E-state index in [4.69, 9.17) is 0 Å². The third-order valence-electron chi connectivity index (χ3n) is 3.83. The molecule has 2 heterocycles. The number of rotatable bonds is 5. The first-order chi connectivity index (χ1) is 11.7. The number of hydrazine groups is 1. The maximum atomic E-state index is 4.39. The van der Waals surface area contributed by atoms with E-state index in [1.165, 1.54) is 0 Å². The second kappa shape index (κ2) is 7.19. The quantitative estimate of drug-likeness (QED) is 0.678. The molecule has 3 rings (SSSR count). The number of aliphatic imine (C=N–C) groups is 1. The topological polar surface area (TPSA) is 53.4 Å². The Morgan fingerprint density at radius 1 is 1.33 bits per heavy atom. The average molecular weight is 319 g/mol. The van der Waals surface area contributed by atoms with Crippen LogP contribution in [0.25, 0.3) is 16.7 Å². The zero-order valence-electron chi connectivity index (χ0n) is 14.0. The molecule has 0 bridgehead atoms. The SMILES string of the molecule is C=N/C(C)=C\C=C/CN1NC(C)C=C1c1ccc2nccnc2c1. The Morgan fingerprint density at radius 3 is 2.92 bits per heavy atom. The zero-order chi connectivity index (χ0) is 16.9. The molecule has 2 aromatic rings. The van der Waals surface area contributed by atoms with Gasteiger partial charge in [-0.2, -0.15) is 0 Å². The van der Waals surface area contributed by atoms with Gasteiger partial charge in [-0.3, -0.25) is 15.0 Å². The molecule has 0 spiro atoms. The summed E-state index contributed by atoms with van der Waals surface area (Å²) in [5.74, 6) is 0. The maximum absolute atomic E-state index is 4.39. The van der Waals surface area contributed by atoms with Gasteiger partial charge in [0.05, 0.1) is 23.3 Å². The van der Waals surface area contributed by atoms with Crippen molar-refractivity contribution in [3.8, 4) is 0 Å². The molecule has 1 aromatic carbocycles. The van der Waals surface area contributed by atoms with Gasteiger partial charge in [-0.1, -0.05) is 18.2 Å². The van der Waals surface area contributed by atoms with Crippen molar-refractivity contribution in [2.24, 2.45) is 4.99 Å². The lowest BCUT2D eigenvalue weighted by molar-refractivity contribution is 0.324. The number of aromatic nitrogens is 2. The van der Waals surface area contributed by atoms with Crippen molar-refractivity contribution >= 4 is 23.4 Å². The molecule has 1 N–H and O–H groups in total. The molecule has 1 aliphatic rings. The van der Waals surface area contributed by atoms with Crippen LogP contribution in [0.1, 0.15) is 19.4 Å². The molecule has 5 nitrogen and oxygen atoms in total. The Bertz CT molecular complexity index is 835. The monoisotopic (exact) mass is 319 g/mol. The van der Waals surface area contributed by atoms with Crippen molar-refractivity contribution in [3.05, 3.63) is 66.2 Å². The van der Waals surface area contributed by atoms with Gasteiger partial charge in [0.25, 0.3) is 0 Å². The van der Waals surface area contributed by atoms with Gasteiger partial charge in [0.1, 0.15) is 0 Å². The van der Waals surface area contributed by atoms with E-state index in [1.807, 2.05) is 25.1 Å². The van der Waals surface area contributed by atoms with Crippen molar-refractivity contribution in [2.45, 2.75) is 19.9 Å². The van der Waals surface area contributed by atoms with Crippen LogP contribution in [-0.4, -0.2) is 34.3 Å². The van der Waals surface area contributed by atoms with Crippen molar-refractivity contribution in [1.29, 1.82) is 0 Å². The van der Waals surface area contributed by atoms with Crippen LogP contribution in [0, 0.1) is 0 Å². The first kappa shape index (κ1) is 16.1. The summed E-state index contributed by atoms with van der Waals surface area (Å²) >= 11 is 0. The minimum atomic E-state index is 0.290. The number of fused-ring (bicyclic) bond motifs is 1. The zero-order valence-corrected chi connectivity index (χ0v) is 14.0. The Morgan fingerprint density at radius 2 is 2.12 bits per heavy atom. The van der Waals surface area contributed by atoms with Crippen LogP contribution in [-0.2, 0) is 0 Å². The van der Waals surface area contributed by atoms with Crippen LogP contribution in [0.4, 0.5) is 0 Å². The summed E-state index contributed by atoms with van der Waals surface area (Å²) in [5, 5.41) is 2.14. The molecule has 24 heavy (non-hydrogen) atoms. The number of benzene rings is 1. The van der Waals surface area contributed by atoms with Gasteiger partial charge in [0.2, 0.25) is 0 Å². The van der Waals surface area contributed by atoms with Crippen LogP contribution in [0.2, 0.25) is 0 Å². The number of hydrogen-bond donors (Lipinski definition) is 1. The smallest absolute Gasteiger partial charge is 0.0893 e. The molecule has 122 valence electrons. The minimum absolute atomic E-state index is 0.290. The van der Waals surface area contributed by atoms with Crippen molar-refractivity contribution < 1.29 is 0 Å². The van der Waals surface area contributed by atoms with E-state index in [0.717, 1.165) is 34.5 Å². The lowest BCUT2D eigenvalue weighted by Crippen LogP contribution is -2.35. The summed E-state index contributed by atoms with van der Waals surface area (Å²) < 4.78 is 0. The molecule has 0 fully saturated rings. The van der Waals surface area contributed by atoms with Crippen LogP contribution < -0.4 is 5.43 Å². The van der Waals surface area contributed by atoms with Gasteiger partial charge in [-0.05, 0) is 44.8 Å². The summed E-state index contributed by atoms with van der Waals surface area (Å²) in [7, 11) is 0. The van der Waals surface area contributed by atoms with Crippen LogP contribution in [0.5, 0.6) is 0 Å². The molecule has 1 atom stereocenters. The molecule has 0 radical (unpaired) electrons. The number of nitrogens with one attached hydrogen (secondary N) is 1. The predicted octanol–water partition coefficient (Wildman–Crippen LogP) is 3.34. The molecule has 1 aromatic heterocycles. The first-order valence-corrected chi connectivity index (χ1v) is 7.94. The minimum Gasteiger partial charge on any atom is -0.304 e. The highest BCUT2D eigenvalue weighted by atomic mass is 15.5. The molecule has 1 unspecified atom stereocenters. The third kappa shape index (κ3) is 3.58. The Balaban J connectivity index is 1.81. The van der Waals surface area contributed by atoms with E-state index in [0.29, 0.717) is 0 Å². The van der Waals surface area contributed by atoms with Gasteiger partial charge in [0, 0.05) is 29.7 Å². The Hall–Kier alpha value is -2.79. The van der Waals surface area contributed by atoms with Gasteiger partial charge in [0.15, 0.2) is 0 Å². The fourth-order valence-electron chi connectivity index (χ4n) is 2.63. The van der Waals surface area contributed by atoms with Crippen molar-refractivity contribution in [1.82, 2.24) is 20.4 Å². The van der Waals surface area contributed by atoms with E-state index in [1.54, 1.807) is 12.4 Å². The fourth-order valence-corrected chi connectivity index (χ4v) is 2.63. The highest BCUT2D eigenvalue weighted by Crippen LogP contribution is 2.25. The number of allylic oxidation sites excluding steroid dienone is 3. The number of hydrogen-bond acceptors (Lipinski definition) is 5. The largest absolute Gasteiger partial charge is 0.304 e. The lowest BCUT2D eigenvalue weighted by Gasteiger charge is -2.22. The standard InChI is InChI=1S/C19H21N5/c1-14(20-3)6-4-5-11-24-19(12-15(2)23-24)16-7-8-17-18(13-16)22-10-9-21-17/h4-10,12-13,15,23H,3,11H2,1-2H3/b5-4-,14-6-. The van der Waals surface area contributed by atoms with Crippen LogP contribution in [0.15, 0.2) is 65.6 Å². The van der Waals surface area contributed by atoms with Gasteiger partial charge >= 0.3 is 0 Å².